The van der Waals surface area contributed by atoms with Gasteiger partial charge in [0.25, 0.3) is 5.91 Å². The smallest absolute Gasteiger partial charge is 0.296 e. The number of ether oxygens (including phenoxy) is 1. The van der Waals surface area contributed by atoms with Crippen LogP contribution in [0, 0.1) is 0 Å². The number of rotatable bonds is 11. The SMILES string of the molecule is CCCOc1ccc(C2C(C(=O)C=Cc3ccccc3)=C(O)C(=O)N2c2nnc(SCc3ccccc3Cl)s2)cc1. The predicted molar refractivity (Wildman–Crippen MR) is 164 cm³/mol. The van der Waals surface area contributed by atoms with Crippen LogP contribution in [0.3, 0.4) is 0 Å². The van der Waals surface area contributed by atoms with Gasteiger partial charge in [-0.15, -0.1) is 10.2 Å². The molecule has 4 aromatic rings. The lowest BCUT2D eigenvalue weighted by Gasteiger charge is -2.24. The molecule has 1 aliphatic rings. The third kappa shape index (κ3) is 6.53. The summed E-state index contributed by atoms with van der Waals surface area (Å²) in [4.78, 5) is 28.3. The van der Waals surface area contributed by atoms with E-state index >= 15 is 0 Å². The van der Waals surface area contributed by atoms with E-state index in [1.807, 2.05) is 61.5 Å². The second kappa shape index (κ2) is 13.2. The van der Waals surface area contributed by atoms with Crippen LogP contribution in [0.1, 0.15) is 36.1 Å². The van der Waals surface area contributed by atoms with Gasteiger partial charge in [-0.25, -0.2) is 0 Å². The first-order valence-corrected chi connectivity index (χ1v) is 15.1. The zero-order valence-electron chi connectivity index (χ0n) is 22.1. The number of carbonyl (C=O) groups is 2. The normalized spacial score (nSPS) is 15.2. The maximum absolute atomic E-state index is 13.5. The fourth-order valence-corrected chi connectivity index (χ4v) is 6.43. The molecule has 0 spiro atoms. The van der Waals surface area contributed by atoms with Crippen molar-refractivity contribution in [3.63, 3.8) is 0 Å². The number of anilines is 1. The average Bonchev–Trinajstić information content (AvgIpc) is 3.57. The van der Waals surface area contributed by atoms with Gasteiger partial charge in [0.1, 0.15) is 5.75 Å². The number of nitrogens with zero attached hydrogens (tertiary/aromatic N) is 3. The number of ketones is 1. The second-order valence-electron chi connectivity index (χ2n) is 9.10. The highest BCUT2D eigenvalue weighted by atomic mass is 35.5. The van der Waals surface area contributed by atoms with Crippen molar-refractivity contribution in [2.24, 2.45) is 0 Å². The summed E-state index contributed by atoms with van der Waals surface area (Å²) in [7, 11) is 0. The number of halogens is 1. The molecular formula is C31H26ClN3O4S2. The number of carbonyl (C=O) groups excluding carboxylic acids is 2. The van der Waals surface area contributed by atoms with E-state index < -0.39 is 23.5 Å². The van der Waals surface area contributed by atoms with Crippen LogP contribution in [0.15, 0.2) is 101 Å². The molecule has 0 fully saturated rings. The summed E-state index contributed by atoms with van der Waals surface area (Å²) in [6.45, 7) is 2.59. The molecule has 1 aromatic heterocycles. The van der Waals surface area contributed by atoms with Gasteiger partial charge in [0.05, 0.1) is 18.2 Å². The molecule has 3 aromatic carbocycles. The molecule has 0 aliphatic carbocycles. The fourth-order valence-electron chi connectivity index (χ4n) is 4.27. The van der Waals surface area contributed by atoms with Crippen molar-refractivity contribution < 1.29 is 19.4 Å². The minimum Gasteiger partial charge on any atom is -0.503 e. The highest BCUT2D eigenvalue weighted by molar-refractivity contribution is 8.00. The van der Waals surface area contributed by atoms with Crippen molar-refractivity contribution >= 4 is 57.6 Å². The number of aromatic nitrogens is 2. The highest BCUT2D eigenvalue weighted by Crippen LogP contribution is 2.43. The number of allylic oxidation sites excluding steroid dienone is 1. The number of thioether (sulfide) groups is 1. The van der Waals surface area contributed by atoms with Gasteiger partial charge in [0.15, 0.2) is 15.9 Å². The molecule has 0 radical (unpaired) electrons. The van der Waals surface area contributed by atoms with E-state index in [2.05, 4.69) is 10.2 Å². The predicted octanol–water partition coefficient (Wildman–Crippen LogP) is 7.46. The van der Waals surface area contributed by atoms with Gasteiger partial charge in [-0.05, 0) is 47.4 Å². The largest absolute Gasteiger partial charge is 0.503 e. The third-order valence-corrected chi connectivity index (χ3v) is 8.75. The molecule has 41 heavy (non-hydrogen) atoms. The van der Waals surface area contributed by atoms with Crippen LogP contribution < -0.4 is 9.64 Å². The van der Waals surface area contributed by atoms with Gasteiger partial charge in [-0.2, -0.15) is 0 Å². The fraction of sp³-hybridized carbons (Fsp3) is 0.161. The zero-order chi connectivity index (χ0) is 28.8. The van der Waals surface area contributed by atoms with Crippen molar-refractivity contribution in [2.45, 2.75) is 29.5 Å². The van der Waals surface area contributed by atoms with E-state index in [-0.39, 0.29) is 10.7 Å². The summed E-state index contributed by atoms with van der Waals surface area (Å²) in [6, 6.07) is 23.1. The Morgan fingerprint density at radius 3 is 2.54 bits per heavy atom. The lowest BCUT2D eigenvalue weighted by molar-refractivity contribution is -0.117. The summed E-state index contributed by atoms with van der Waals surface area (Å²) in [5.74, 6) is -0.550. The Labute approximate surface area is 251 Å². The van der Waals surface area contributed by atoms with Crippen LogP contribution in [0.25, 0.3) is 6.08 Å². The quantitative estimate of drug-likeness (QED) is 0.108. The molecule has 1 atom stereocenters. The number of hydrogen-bond acceptors (Lipinski definition) is 8. The minimum atomic E-state index is -0.898. The molecular weight excluding hydrogens is 578 g/mol. The maximum Gasteiger partial charge on any atom is 0.296 e. The van der Waals surface area contributed by atoms with Crippen LogP contribution in [-0.2, 0) is 15.3 Å². The first kappa shape index (κ1) is 28.6. The molecule has 10 heteroatoms. The molecule has 1 aliphatic heterocycles. The van der Waals surface area contributed by atoms with E-state index in [4.69, 9.17) is 16.3 Å². The van der Waals surface area contributed by atoms with Crippen LogP contribution in [-0.4, -0.2) is 33.6 Å². The summed E-state index contributed by atoms with van der Waals surface area (Å²) in [5.41, 5.74) is 2.38. The maximum atomic E-state index is 13.5. The molecule has 1 amide bonds. The summed E-state index contributed by atoms with van der Waals surface area (Å²) < 4.78 is 6.33. The average molecular weight is 604 g/mol. The second-order valence-corrected chi connectivity index (χ2v) is 11.7. The molecule has 7 nitrogen and oxygen atoms in total. The Morgan fingerprint density at radius 2 is 1.80 bits per heavy atom. The number of aliphatic hydroxyl groups excluding tert-OH is 1. The lowest BCUT2D eigenvalue weighted by Crippen LogP contribution is -2.30. The van der Waals surface area contributed by atoms with Crippen molar-refractivity contribution in [1.82, 2.24) is 10.2 Å². The van der Waals surface area contributed by atoms with Crippen LogP contribution >= 0.6 is 34.7 Å². The van der Waals surface area contributed by atoms with E-state index in [0.29, 0.717) is 33.0 Å². The van der Waals surface area contributed by atoms with E-state index in [1.54, 1.807) is 30.3 Å². The molecule has 2 heterocycles. The van der Waals surface area contributed by atoms with Gasteiger partial charge >= 0.3 is 0 Å². The van der Waals surface area contributed by atoms with Crippen molar-refractivity contribution in [3.8, 4) is 5.75 Å². The number of aliphatic hydroxyl groups is 1. The number of benzene rings is 3. The molecule has 0 bridgehead atoms. The van der Waals surface area contributed by atoms with E-state index in [1.165, 1.54) is 34.1 Å². The van der Waals surface area contributed by atoms with Crippen LogP contribution in [0.5, 0.6) is 5.75 Å². The van der Waals surface area contributed by atoms with Gasteiger partial charge < -0.3 is 9.84 Å². The van der Waals surface area contributed by atoms with Gasteiger partial charge in [-0.1, -0.05) is 108 Å². The Morgan fingerprint density at radius 1 is 1.07 bits per heavy atom. The standard InChI is InChI=1S/C31H26ClN3O4S2/c1-2-18-39-23-15-13-21(14-16-23)27-26(25(36)17-12-20-8-4-3-5-9-20)28(37)29(38)35(27)30-33-34-31(41-30)40-19-22-10-6-7-11-24(22)32/h3-17,27,37H,2,18-19H2,1H3. The Bertz CT molecular complexity index is 1600. The topological polar surface area (TPSA) is 92.6 Å². The molecule has 0 saturated heterocycles. The molecule has 0 saturated carbocycles. The molecule has 1 N–H and O–H groups in total. The van der Waals surface area contributed by atoms with Crippen LogP contribution in [0.4, 0.5) is 5.13 Å². The van der Waals surface area contributed by atoms with Crippen LogP contribution in [0.2, 0.25) is 5.02 Å². The Hall–Kier alpha value is -3.92. The minimum absolute atomic E-state index is 0.0233. The van der Waals surface area contributed by atoms with Crippen molar-refractivity contribution in [2.75, 3.05) is 11.5 Å². The van der Waals surface area contributed by atoms with Gasteiger partial charge in [0, 0.05) is 10.8 Å². The Balaban J connectivity index is 1.46. The third-order valence-electron chi connectivity index (χ3n) is 6.28. The van der Waals surface area contributed by atoms with Crippen molar-refractivity contribution in [1.29, 1.82) is 0 Å². The van der Waals surface area contributed by atoms with E-state index in [0.717, 1.165) is 17.5 Å². The first-order valence-electron chi connectivity index (χ1n) is 12.9. The molecule has 1 unspecified atom stereocenters. The molecule has 208 valence electrons. The Kier molecular flexibility index (Phi) is 9.18. The lowest BCUT2D eigenvalue weighted by atomic mass is 9.95. The highest BCUT2D eigenvalue weighted by Gasteiger charge is 2.45. The number of hydrogen-bond donors (Lipinski definition) is 1. The summed E-state index contributed by atoms with van der Waals surface area (Å²) in [5, 5.41) is 20.5. The van der Waals surface area contributed by atoms with Gasteiger partial charge in [0.2, 0.25) is 5.13 Å². The van der Waals surface area contributed by atoms with Crippen molar-refractivity contribution in [3.05, 3.63) is 118 Å². The molecule has 5 rings (SSSR count). The summed E-state index contributed by atoms with van der Waals surface area (Å²) >= 11 is 8.94. The zero-order valence-corrected chi connectivity index (χ0v) is 24.5. The summed E-state index contributed by atoms with van der Waals surface area (Å²) in [6.07, 6.45) is 3.89. The number of amides is 1. The first-order chi connectivity index (χ1) is 20.0. The van der Waals surface area contributed by atoms with E-state index in [9.17, 15) is 14.7 Å². The van der Waals surface area contributed by atoms with Gasteiger partial charge in [-0.3, -0.25) is 14.5 Å². The monoisotopic (exact) mass is 603 g/mol.